The van der Waals surface area contributed by atoms with Crippen LogP contribution in [0.1, 0.15) is 53.4 Å². The standard InChI is InChI=1S/C25H28ClN3O3/c1-3-4-5-13-28(25(30)21-11-12-23(26)24(16-21)29(31)32)18-22-10-7-14-27(22)17-20-9-6-8-19(2)15-20/h6-12,14-16H,3-5,13,17-18H2,1-2H3. The van der Waals surface area contributed by atoms with Crippen molar-refractivity contribution < 1.29 is 9.72 Å². The molecule has 2 aromatic carbocycles. The van der Waals surface area contributed by atoms with Crippen LogP contribution in [0.5, 0.6) is 0 Å². The summed E-state index contributed by atoms with van der Waals surface area (Å²) in [5.74, 6) is -0.232. The van der Waals surface area contributed by atoms with Crippen molar-refractivity contribution in [2.75, 3.05) is 6.54 Å². The Morgan fingerprint density at radius 1 is 1.12 bits per heavy atom. The molecule has 0 radical (unpaired) electrons. The molecule has 0 spiro atoms. The van der Waals surface area contributed by atoms with Gasteiger partial charge in [-0.15, -0.1) is 0 Å². The molecule has 3 rings (SSSR count). The lowest BCUT2D eigenvalue weighted by Crippen LogP contribution is -2.32. The average Bonchev–Trinajstić information content (AvgIpc) is 3.19. The smallest absolute Gasteiger partial charge is 0.288 e. The van der Waals surface area contributed by atoms with Crippen LogP contribution in [0.3, 0.4) is 0 Å². The van der Waals surface area contributed by atoms with E-state index >= 15 is 0 Å². The van der Waals surface area contributed by atoms with Crippen LogP contribution >= 0.6 is 11.6 Å². The number of benzene rings is 2. The number of nitro benzene ring substituents is 1. The van der Waals surface area contributed by atoms with Crippen LogP contribution in [0.25, 0.3) is 0 Å². The van der Waals surface area contributed by atoms with E-state index in [9.17, 15) is 14.9 Å². The van der Waals surface area contributed by atoms with Crippen LogP contribution in [-0.2, 0) is 13.1 Å². The van der Waals surface area contributed by atoms with E-state index in [4.69, 9.17) is 11.6 Å². The number of aryl methyl sites for hydroxylation is 1. The molecule has 0 aliphatic rings. The fraction of sp³-hybridized carbons (Fsp3) is 0.320. The first-order chi connectivity index (χ1) is 15.4. The van der Waals surface area contributed by atoms with E-state index < -0.39 is 4.92 Å². The van der Waals surface area contributed by atoms with Crippen LogP contribution in [0.2, 0.25) is 5.02 Å². The quantitative estimate of drug-likeness (QED) is 0.207. The number of hydrogen-bond donors (Lipinski definition) is 0. The first kappa shape index (κ1) is 23.5. The van der Waals surface area contributed by atoms with Gasteiger partial charge in [0.05, 0.1) is 11.5 Å². The van der Waals surface area contributed by atoms with Crippen LogP contribution in [0.4, 0.5) is 5.69 Å². The molecular weight excluding hydrogens is 426 g/mol. The Kier molecular flexibility index (Phi) is 8.06. The summed E-state index contributed by atoms with van der Waals surface area (Å²) < 4.78 is 2.14. The average molecular weight is 454 g/mol. The van der Waals surface area contributed by atoms with Crippen LogP contribution in [-0.4, -0.2) is 26.8 Å². The molecule has 168 valence electrons. The van der Waals surface area contributed by atoms with Crippen molar-refractivity contribution in [2.45, 2.75) is 46.2 Å². The lowest BCUT2D eigenvalue weighted by Gasteiger charge is -2.24. The molecule has 1 amide bonds. The molecule has 0 bridgehead atoms. The highest BCUT2D eigenvalue weighted by Crippen LogP contribution is 2.26. The van der Waals surface area contributed by atoms with Crippen LogP contribution in [0.15, 0.2) is 60.8 Å². The molecule has 1 aromatic heterocycles. The molecule has 0 atom stereocenters. The molecule has 32 heavy (non-hydrogen) atoms. The van der Waals surface area contributed by atoms with Gasteiger partial charge in [0.25, 0.3) is 11.6 Å². The second-order valence-electron chi connectivity index (χ2n) is 7.97. The number of aromatic nitrogens is 1. The molecule has 0 aliphatic heterocycles. The Morgan fingerprint density at radius 3 is 2.66 bits per heavy atom. The monoisotopic (exact) mass is 453 g/mol. The van der Waals surface area contributed by atoms with Crippen molar-refractivity contribution in [2.24, 2.45) is 0 Å². The zero-order valence-corrected chi connectivity index (χ0v) is 19.2. The minimum atomic E-state index is -0.562. The van der Waals surface area contributed by atoms with E-state index in [1.54, 1.807) is 11.0 Å². The summed E-state index contributed by atoms with van der Waals surface area (Å²) in [4.78, 5) is 25.8. The SMILES string of the molecule is CCCCCN(Cc1cccn1Cc1cccc(C)c1)C(=O)c1ccc(Cl)c([N+](=O)[O-])c1. The second-order valence-corrected chi connectivity index (χ2v) is 8.38. The van der Waals surface area contributed by atoms with Crippen molar-refractivity contribution in [1.82, 2.24) is 9.47 Å². The van der Waals surface area contributed by atoms with E-state index in [-0.39, 0.29) is 22.2 Å². The van der Waals surface area contributed by atoms with Gasteiger partial charge in [0.15, 0.2) is 0 Å². The molecule has 0 N–H and O–H groups in total. The second kappa shape index (κ2) is 11.0. The Labute approximate surface area is 193 Å². The van der Waals surface area contributed by atoms with Crippen molar-refractivity contribution in [3.63, 3.8) is 0 Å². The first-order valence-corrected chi connectivity index (χ1v) is 11.2. The molecule has 0 fully saturated rings. The van der Waals surface area contributed by atoms with Crippen molar-refractivity contribution in [3.05, 3.63) is 98.3 Å². The van der Waals surface area contributed by atoms with Crippen LogP contribution in [0, 0.1) is 17.0 Å². The molecule has 7 heteroatoms. The number of rotatable bonds is 10. The van der Waals surface area contributed by atoms with E-state index in [0.717, 1.165) is 25.0 Å². The van der Waals surface area contributed by atoms with Gasteiger partial charge in [0, 0.05) is 36.6 Å². The van der Waals surface area contributed by atoms with E-state index in [1.807, 2.05) is 24.4 Å². The van der Waals surface area contributed by atoms with Gasteiger partial charge in [-0.3, -0.25) is 14.9 Å². The molecule has 0 aliphatic carbocycles. The van der Waals surface area contributed by atoms with Gasteiger partial charge in [-0.1, -0.05) is 61.2 Å². The summed E-state index contributed by atoms with van der Waals surface area (Å²) in [6.07, 6.45) is 4.93. The summed E-state index contributed by atoms with van der Waals surface area (Å²) in [5, 5.41) is 11.3. The highest BCUT2D eigenvalue weighted by molar-refractivity contribution is 6.32. The Morgan fingerprint density at radius 2 is 1.94 bits per heavy atom. The maximum atomic E-state index is 13.3. The molecule has 0 saturated carbocycles. The third kappa shape index (κ3) is 5.98. The third-order valence-corrected chi connectivity index (χ3v) is 5.74. The first-order valence-electron chi connectivity index (χ1n) is 10.8. The van der Waals surface area contributed by atoms with Gasteiger partial charge in [-0.05, 0) is 43.2 Å². The zero-order valence-electron chi connectivity index (χ0n) is 18.5. The Hall–Kier alpha value is -3.12. The van der Waals surface area contributed by atoms with Gasteiger partial charge in [-0.25, -0.2) is 0 Å². The largest absolute Gasteiger partial charge is 0.345 e. The number of nitrogens with zero attached hydrogens (tertiary/aromatic N) is 3. The van der Waals surface area contributed by atoms with Crippen LogP contribution < -0.4 is 0 Å². The predicted molar refractivity (Wildman–Crippen MR) is 127 cm³/mol. The predicted octanol–water partition coefficient (Wildman–Crippen LogP) is 6.24. The minimum Gasteiger partial charge on any atom is -0.345 e. The van der Waals surface area contributed by atoms with Crippen molar-refractivity contribution in [1.29, 1.82) is 0 Å². The summed E-state index contributed by atoms with van der Waals surface area (Å²) in [5.41, 5.74) is 3.43. The molecular formula is C25H28ClN3O3. The molecule has 1 heterocycles. The van der Waals surface area contributed by atoms with Gasteiger partial charge in [0.2, 0.25) is 0 Å². The number of hydrogen-bond acceptors (Lipinski definition) is 3. The lowest BCUT2D eigenvalue weighted by molar-refractivity contribution is -0.384. The summed E-state index contributed by atoms with van der Waals surface area (Å²) in [6.45, 7) is 5.91. The Bertz CT molecular complexity index is 1090. The highest BCUT2D eigenvalue weighted by Gasteiger charge is 2.21. The molecule has 6 nitrogen and oxygen atoms in total. The minimum absolute atomic E-state index is 0.0242. The molecule has 0 saturated heterocycles. The van der Waals surface area contributed by atoms with E-state index in [0.29, 0.717) is 19.6 Å². The third-order valence-electron chi connectivity index (χ3n) is 5.42. The number of unbranched alkanes of at least 4 members (excludes halogenated alkanes) is 2. The van der Waals surface area contributed by atoms with Gasteiger partial charge >= 0.3 is 0 Å². The van der Waals surface area contributed by atoms with Gasteiger partial charge < -0.3 is 9.47 Å². The number of amides is 1. The van der Waals surface area contributed by atoms with Gasteiger partial charge in [0.1, 0.15) is 5.02 Å². The number of halogens is 1. The fourth-order valence-corrected chi connectivity index (χ4v) is 3.91. The maximum absolute atomic E-state index is 13.3. The number of nitro groups is 1. The normalized spacial score (nSPS) is 10.8. The topological polar surface area (TPSA) is 68.4 Å². The maximum Gasteiger partial charge on any atom is 0.288 e. The fourth-order valence-electron chi connectivity index (χ4n) is 3.72. The van der Waals surface area contributed by atoms with E-state index in [1.165, 1.54) is 23.3 Å². The summed E-state index contributed by atoms with van der Waals surface area (Å²) >= 11 is 5.93. The summed E-state index contributed by atoms with van der Waals surface area (Å²) in [7, 11) is 0. The molecule has 3 aromatic rings. The van der Waals surface area contributed by atoms with E-state index in [2.05, 4.69) is 36.6 Å². The van der Waals surface area contributed by atoms with Crippen molar-refractivity contribution in [3.8, 4) is 0 Å². The molecule has 0 unspecified atom stereocenters. The summed E-state index contributed by atoms with van der Waals surface area (Å²) in [6, 6.07) is 16.6. The highest BCUT2D eigenvalue weighted by atomic mass is 35.5. The number of carbonyl (C=O) groups excluding carboxylic acids is 1. The Balaban J connectivity index is 1.84. The van der Waals surface area contributed by atoms with Gasteiger partial charge in [-0.2, -0.15) is 0 Å². The van der Waals surface area contributed by atoms with Crippen molar-refractivity contribution >= 4 is 23.2 Å². The number of carbonyl (C=O) groups is 1. The lowest BCUT2D eigenvalue weighted by atomic mass is 10.1. The zero-order chi connectivity index (χ0) is 23.1.